The summed E-state index contributed by atoms with van der Waals surface area (Å²) in [6, 6.07) is 14.5. The summed E-state index contributed by atoms with van der Waals surface area (Å²) in [7, 11) is -1.33. The van der Waals surface area contributed by atoms with Gasteiger partial charge in [-0.2, -0.15) is 0 Å². The van der Waals surface area contributed by atoms with Gasteiger partial charge in [0.05, 0.1) is 11.9 Å². The maximum atomic E-state index is 12.3. The lowest BCUT2D eigenvalue weighted by atomic mass is 10.2. The molecule has 1 fully saturated rings. The van der Waals surface area contributed by atoms with Crippen molar-refractivity contribution in [2.45, 2.75) is 12.8 Å². The van der Waals surface area contributed by atoms with Gasteiger partial charge in [-0.25, -0.2) is 8.42 Å². The van der Waals surface area contributed by atoms with Crippen LogP contribution in [-0.4, -0.2) is 65.3 Å². The van der Waals surface area contributed by atoms with Crippen LogP contribution >= 0.6 is 11.6 Å². The van der Waals surface area contributed by atoms with Gasteiger partial charge >= 0.3 is 0 Å². The van der Waals surface area contributed by atoms with Crippen LogP contribution < -0.4 is 14.5 Å². The van der Waals surface area contributed by atoms with E-state index in [1.807, 2.05) is 24.3 Å². The number of hydrogen-bond donors (Lipinski definition) is 1. The molecule has 0 radical (unpaired) electrons. The molecule has 7 nitrogen and oxygen atoms in total. The second-order valence-corrected chi connectivity index (χ2v) is 10.1. The first-order valence-corrected chi connectivity index (χ1v) is 12.5. The van der Waals surface area contributed by atoms with E-state index in [1.165, 1.54) is 4.31 Å². The number of benzene rings is 2. The fraction of sp³-hybridized carbons (Fsp3) is 0.409. The summed E-state index contributed by atoms with van der Waals surface area (Å²) in [5.74, 6) is -0.142. The van der Waals surface area contributed by atoms with E-state index in [4.69, 9.17) is 11.6 Å². The topological polar surface area (TPSA) is 73.0 Å². The van der Waals surface area contributed by atoms with Crippen molar-refractivity contribution < 1.29 is 13.2 Å². The van der Waals surface area contributed by atoms with Gasteiger partial charge in [0.15, 0.2) is 0 Å². The number of nitrogens with zero attached hydrogens (tertiary/aromatic N) is 3. The van der Waals surface area contributed by atoms with Crippen LogP contribution in [0.1, 0.15) is 12.8 Å². The summed E-state index contributed by atoms with van der Waals surface area (Å²) in [5.41, 5.74) is 2.42. The number of rotatable bonds is 8. The molecule has 1 N–H and O–H groups in total. The molecule has 0 atom stereocenters. The van der Waals surface area contributed by atoms with Gasteiger partial charge in [-0.05, 0) is 62.0 Å². The highest BCUT2D eigenvalue weighted by Crippen LogP contribution is 2.22. The van der Waals surface area contributed by atoms with E-state index in [1.54, 1.807) is 24.3 Å². The molecule has 0 saturated carbocycles. The van der Waals surface area contributed by atoms with Crippen LogP contribution in [-0.2, 0) is 14.8 Å². The molecule has 1 amide bonds. The molecule has 1 heterocycles. The van der Waals surface area contributed by atoms with E-state index in [2.05, 4.69) is 22.2 Å². The first-order valence-electron chi connectivity index (χ1n) is 10.3. The molecular weight excluding hydrogens is 436 g/mol. The highest BCUT2D eigenvalue weighted by molar-refractivity contribution is 7.92. The summed E-state index contributed by atoms with van der Waals surface area (Å²) in [6.07, 6.45) is 1.78. The summed E-state index contributed by atoms with van der Waals surface area (Å²) in [5, 5.41) is 3.42. The van der Waals surface area contributed by atoms with Crippen LogP contribution in [0.5, 0.6) is 0 Å². The number of carbonyl (C=O) groups excluding carboxylic acids is 1. The van der Waals surface area contributed by atoms with Crippen molar-refractivity contribution in [3.8, 4) is 0 Å². The minimum atomic E-state index is -3.46. The fourth-order valence-electron chi connectivity index (χ4n) is 3.52. The zero-order valence-corrected chi connectivity index (χ0v) is 19.5. The minimum Gasteiger partial charge on any atom is -0.369 e. The lowest BCUT2D eigenvalue weighted by Gasteiger charge is -2.34. The van der Waals surface area contributed by atoms with Gasteiger partial charge in [0.25, 0.3) is 0 Å². The van der Waals surface area contributed by atoms with Gasteiger partial charge in [0, 0.05) is 55.5 Å². The van der Waals surface area contributed by atoms with Crippen molar-refractivity contribution in [2.24, 2.45) is 0 Å². The van der Waals surface area contributed by atoms with Gasteiger partial charge in [-0.15, -0.1) is 0 Å². The number of piperazine rings is 1. The Morgan fingerprint density at radius 1 is 1.03 bits per heavy atom. The molecular formula is C22H29ClN4O3S. The lowest BCUT2D eigenvalue weighted by Crippen LogP contribution is -2.44. The zero-order chi connectivity index (χ0) is 22.4. The van der Waals surface area contributed by atoms with Crippen molar-refractivity contribution in [1.82, 2.24) is 4.90 Å². The summed E-state index contributed by atoms with van der Waals surface area (Å²) in [4.78, 5) is 17.0. The molecule has 0 unspecified atom stereocenters. The van der Waals surface area contributed by atoms with Gasteiger partial charge in [-0.3, -0.25) is 9.10 Å². The van der Waals surface area contributed by atoms with Crippen molar-refractivity contribution in [3.63, 3.8) is 0 Å². The molecule has 0 bridgehead atoms. The van der Waals surface area contributed by atoms with Gasteiger partial charge < -0.3 is 15.1 Å². The summed E-state index contributed by atoms with van der Waals surface area (Å²) < 4.78 is 25.6. The minimum absolute atomic E-state index is 0.142. The van der Waals surface area contributed by atoms with Crippen LogP contribution in [0, 0.1) is 0 Å². The predicted molar refractivity (Wildman–Crippen MR) is 128 cm³/mol. The maximum absolute atomic E-state index is 12.3. The molecule has 1 aliphatic rings. The van der Waals surface area contributed by atoms with Crippen LogP contribution in [0.15, 0.2) is 48.5 Å². The maximum Gasteiger partial charge on any atom is 0.232 e. The zero-order valence-electron chi connectivity index (χ0n) is 17.9. The van der Waals surface area contributed by atoms with E-state index in [9.17, 15) is 13.2 Å². The second-order valence-electron chi connectivity index (χ2n) is 7.80. The Bertz CT molecular complexity index is 973. The third kappa shape index (κ3) is 6.85. The Kier molecular flexibility index (Phi) is 7.80. The normalized spacial score (nSPS) is 15.0. The number of carbonyl (C=O) groups is 1. The SMILES string of the molecule is CN1CCN(c2ccc(NC(=O)CCCN(c3ccc(Cl)cc3)S(C)(=O)=O)cc2)CC1. The number of sulfonamides is 1. The molecule has 3 rings (SSSR count). The molecule has 2 aromatic carbocycles. The molecule has 1 saturated heterocycles. The van der Waals surface area contributed by atoms with E-state index in [0.717, 1.165) is 43.8 Å². The molecule has 1 aliphatic heterocycles. The molecule has 31 heavy (non-hydrogen) atoms. The third-order valence-corrected chi connectivity index (χ3v) is 6.75. The Morgan fingerprint density at radius 2 is 1.65 bits per heavy atom. The molecule has 0 aliphatic carbocycles. The van der Waals surface area contributed by atoms with Crippen molar-refractivity contribution in [1.29, 1.82) is 0 Å². The first-order chi connectivity index (χ1) is 14.7. The molecule has 2 aromatic rings. The first kappa shape index (κ1) is 23.4. The van der Waals surface area contributed by atoms with Gasteiger partial charge in [-0.1, -0.05) is 11.6 Å². The molecule has 9 heteroatoms. The number of anilines is 3. The van der Waals surface area contributed by atoms with Crippen molar-refractivity contribution >= 4 is 44.6 Å². The van der Waals surface area contributed by atoms with E-state index in [0.29, 0.717) is 17.1 Å². The van der Waals surface area contributed by atoms with E-state index < -0.39 is 10.0 Å². The van der Waals surface area contributed by atoms with E-state index in [-0.39, 0.29) is 18.9 Å². The largest absolute Gasteiger partial charge is 0.369 e. The summed E-state index contributed by atoms with van der Waals surface area (Å²) >= 11 is 5.89. The van der Waals surface area contributed by atoms with Gasteiger partial charge in [0.2, 0.25) is 15.9 Å². The van der Waals surface area contributed by atoms with Crippen LogP contribution in [0.4, 0.5) is 17.1 Å². The molecule has 0 spiro atoms. The number of amides is 1. The number of likely N-dealkylation sites (N-methyl/N-ethyl adjacent to an activating group) is 1. The average Bonchev–Trinajstić information content (AvgIpc) is 2.72. The number of hydrogen-bond acceptors (Lipinski definition) is 5. The average molecular weight is 465 g/mol. The van der Waals surface area contributed by atoms with Crippen LogP contribution in [0.2, 0.25) is 5.02 Å². The van der Waals surface area contributed by atoms with Crippen molar-refractivity contribution in [2.75, 3.05) is 60.5 Å². The van der Waals surface area contributed by atoms with Crippen LogP contribution in [0.3, 0.4) is 0 Å². The molecule has 168 valence electrons. The quantitative estimate of drug-likeness (QED) is 0.649. The Hall–Kier alpha value is -2.29. The number of nitrogens with one attached hydrogen (secondary N) is 1. The molecule has 0 aromatic heterocycles. The highest BCUT2D eigenvalue weighted by atomic mass is 35.5. The number of halogens is 1. The lowest BCUT2D eigenvalue weighted by molar-refractivity contribution is -0.116. The Morgan fingerprint density at radius 3 is 2.23 bits per heavy atom. The second kappa shape index (κ2) is 10.3. The summed E-state index contributed by atoms with van der Waals surface area (Å²) in [6.45, 7) is 4.29. The monoisotopic (exact) mass is 464 g/mol. The van der Waals surface area contributed by atoms with Gasteiger partial charge in [0.1, 0.15) is 0 Å². The highest BCUT2D eigenvalue weighted by Gasteiger charge is 2.18. The third-order valence-electron chi connectivity index (χ3n) is 5.30. The standard InChI is InChI=1S/C22H29ClN4O3S/c1-25-14-16-26(17-15-25)20-11-7-19(8-12-20)24-22(28)4-3-13-27(31(2,29)30)21-9-5-18(23)6-10-21/h5-12H,3-4,13-17H2,1-2H3,(H,24,28). The Labute approximate surface area is 189 Å². The fourth-order valence-corrected chi connectivity index (χ4v) is 4.61. The predicted octanol–water partition coefficient (Wildman–Crippen LogP) is 3.28. The van der Waals surface area contributed by atoms with Crippen LogP contribution in [0.25, 0.3) is 0 Å². The Balaban J connectivity index is 1.50. The van der Waals surface area contributed by atoms with E-state index >= 15 is 0 Å². The van der Waals surface area contributed by atoms with Crippen molar-refractivity contribution in [3.05, 3.63) is 53.6 Å². The smallest absolute Gasteiger partial charge is 0.232 e.